The number of carbonyl (C=O) groups excluding carboxylic acids is 1. The molecule has 25 heavy (non-hydrogen) atoms. The van der Waals surface area contributed by atoms with Gasteiger partial charge in [-0.15, -0.1) is 0 Å². The summed E-state index contributed by atoms with van der Waals surface area (Å²) in [5, 5.41) is 9.48. The third kappa shape index (κ3) is 2.86. The maximum absolute atomic E-state index is 13.0. The van der Waals surface area contributed by atoms with E-state index >= 15 is 0 Å². The molecule has 7 heteroatoms. The number of carboxylic acid groups (broad SMARTS) is 1. The predicted molar refractivity (Wildman–Crippen MR) is 87.7 cm³/mol. The predicted octanol–water partition coefficient (Wildman–Crippen LogP) is 1.35. The van der Waals surface area contributed by atoms with Crippen molar-refractivity contribution in [3.8, 4) is 0 Å². The van der Waals surface area contributed by atoms with Gasteiger partial charge in [-0.05, 0) is 37.1 Å². The maximum atomic E-state index is 13.0. The Balaban J connectivity index is 1.41. The van der Waals surface area contributed by atoms with Crippen molar-refractivity contribution in [2.24, 2.45) is 11.8 Å². The van der Waals surface area contributed by atoms with E-state index in [0.29, 0.717) is 26.2 Å². The number of aliphatic carboxylic acids is 1. The maximum Gasteiger partial charge on any atom is 0.310 e. The molecule has 3 aliphatic rings. The Kier molecular flexibility index (Phi) is 4.11. The monoisotopic (exact) mass is 348 g/mol. The van der Waals surface area contributed by atoms with E-state index in [-0.39, 0.29) is 23.9 Å². The van der Waals surface area contributed by atoms with Crippen molar-refractivity contribution in [3.63, 3.8) is 0 Å². The summed E-state index contributed by atoms with van der Waals surface area (Å²) in [5.41, 5.74) is 0.931. The summed E-state index contributed by atoms with van der Waals surface area (Å²) >= 11 is 0. The fourth-order valence-electron chi connectivity index (χ4n) is 4.35. The standard InChI is InChI=1S/C18H21FN2O4/c19-11-1-3-12(4-2-11)20-7-9-21(10-8-20)17(22)15-13-5-6-14(25-13)16(15)18(23)24/h1-4,13-16H,5-10H2,(H,23,24). The van der Waals surface area contributed by atoms with Gasteiger partial charge in [0.1, 0.15) is 5.82 Å². The number of benzene rings is 1. The number of anilines is 1. The Morgan fingerprint density at radius 2 is 1.60 bits per heavy atom. The van der Waals surface area contributed by atoms with Gasteiger partial charge in [-0.1, -0.05) is 0 Å². The fraction of sp³-hybridized carbons (Fsp3) is 0.556. The number of carboxylic acids is 1. The minimum absolute atomic E-state index is 0.0987. The van der Waals surface area contributed by atoms with E-state index < -0.39 is 17.8 Å². The highest BCUT2D eigenvalue weighted by atomic mass is 19.1. The lowest BCUT2D eigenvalue weighted by Gasteiger charge is -2.38. The van der Waals surface area contributed by atoms with Crippen LogP contribution in [-0.2, 0) is 14.3 Å². The number of carbonyl (C=O) groups is 2. The van der Waals surface area contributed by atoms with Crippen LogP contribution in [0.3, 0.4) is 0 Å². The van der Waals surface area contributed by atoms with Gasteiger partial charge >= 0.3 is 5.97 Å². The highest BCUT2D eigenvalue weighted by Gasteiger charge is 2.56. The first-order valence-electron chi connectivity index (χ1n) is 8.72. The summed E-state index contributed by atoms with van der Waals surface area (Å²) in [6, 6.07) is 6.32. The van der Waals surface area contributed by atoms with Crippen molar-refractivity contribution in [3.05, 3.63) is 30.1 Å². The van der Waals surface area contributed by atoms with Gasteiger partial charge in [0.25, 0.3) is 0 Å². The molecule has 4 atom stereocenters. The summed E-state index contributed by atoms with van der Waals surface area (Å²) in [6.45, 7) is 2.38. The molecule has 4 unspecified atom stereocenters. The molecular weight excluding hydrogens is 327 g/mol. The SMILES string of the molecule is O=C(O)C1C2CCC(O2)C1C(=O)N1CCN(c2ccc(F)cc2)CC1. The second kappa shape index (κ2) is 6.29. The molecule has 3 aliphatic heterocycles. The zero-order valence-electron chi connectivity index (χ0n) is 13.8. The largest absolute Gasteiger partial charge is 0.481 e. The summed E-state index contributed by atoms with van der Waals surface area (Å²) in [6.07, 6.45) is 0.912. The molecule has 0 spiro atoms. The van der Waals surface area contributed by atoms with E-state index in [9.17, 15) is 19.1 Å². The molecule has 134 valence electrons. The van der Waals surface area contributed by atoms with Gasteiger partial charge in [-0.25, -0.2) is 4.39 Å². The number of amides is 1. The van der Waals surface area contributed by atoms with Gasteiger partial charge in [0.05, 0.1) is 24.0 Å². The van der Waals surface area contributed by atoms with E-state index in [1.54, 1.807) is 17.0 Å². The van der Waals surface area contributed by atoms with Gasteiger partial charge in [0, 0.05) is 31.9 Å². The molecule has 1 aromatic carbocycles. The second-order valence-electron chi connectivity index (χ2n) is 6.97. The quantitative estimate of drug-likeness (QED) is 0.893. The molecule has 1 amide bonds. The molecular formula is C18H21FN2O4. The lowest BCUT2D eigenvalue weighted by Crippen LogP contribution is -2.53. The van der Waals surface area contributed by atoms with Crippen molar-refractivity contribution < 1.29 is 23.8 Å². The highest BCUT2D eigenvalue weighted by molar-refractivity contribution is 5.86. The van der Waals surface area contributed by atoms with Crippen LogP contribution in [0.15, 0.2) is 24.3 Å². The number of rotatable bonds is 3. The van der Waals surface area contributed by atoms with E-state index in [4.69, 9.17) is 4.74 Å². The first kappa shape index (κ1) is 16.3. The van der Waals surface area contributed by atoms with E-state index in [2.05, 4.69) is 4.90 Å². The van der Waals surface area contributed by atoms with Gasteiger partial charge in [0.2, 0.25) is 5.91 Å². The minimum Gasteiger partial charge on any atom is -0.481 e. The number of hydrogen-bond acceptors (Lipinski definition) is 4. The lowest BCUT2D eigenvalue weighted by atomic mass is 9.78. The molecule has 2 bridgehead atoms. The number of nitrogens with zero attached hydrogens (tertiary/aromatic N) is 2. The van der Waals surface area contributed by atoms with Crippen molar-refractivity contribution in [2.75, 3.05) is 31.1 Å². The minimum atomic E-state index is -0.935. The average molecular weight is 348 g/mol. The van der Waals surface area contributed by atoms with Crippen LogP contribution in [-0.4, -0.2) is 60.3 Å². The third-order valence-electron chi connectivity index (χ3n) is 5.63. The van der Waals surface area contributed by atoms with Crippen LogP contribution in [0.5, 0.6) is 0 Å². The van der Waals surface area contributed by atoms with Gasteiger partial charge in [-0.2, -0.15) is 0 Å². The zero-order valence-corrected chi connectivity index (χ0v) is 13.8. The van der Waals surface area contributed by atoms with Crippen LogP contribution in [0.4, 0.5) is 10.1 Å². The normalized spacial score (nSPS) is 31.4. The van der Waals surface area contributed by atoms with Gasteiger partial charge in [0.15, 0.2) is 0 Å². The van der Waals surface area contributed by atoms with Crippen LogP contribution in [0.2, 0.25) is 0 Å². The van der Waals surface area contributed by atoms with Crippen molar-refractivity contribution in [2.45, 2.75) is 25.0 Å². The molecule has 0 aliphatic carbocycles. The van der Waals surface area contributed by atoms with E-state index in [1.165, 1.54) is 12.1 Å². The third-order valence-corrected chi connectivity index (χ3v) is 5.63. The highest BCUT2D eigenvalue weighted by Crippen LogP contribution is 2.44. The molecule has 1 N–H and O–H groups in total. The van der Waals surface area contributed by atoms with E-state index in [1.807, 2.05) is 0 Å². The molecule has 3 heterocycles. The topological polar surface area (TPSA) is 70.1 Å². The van der Waals surface area contributed by atoms with Gasteiger partial charge < -0.3 is 19.6 Å². The zero-order chi connectivity index (χ0) is 17.6. The Bertz CT molecular complexity index is 672. The van der Waals surface area contributed by atoms with Gasteiger partial charge in [-0.3, -0.25) is 9.59 Å². The van der Waals surface area contributed by atoms with E-state index in [0.717, 1.165) is 18.5 Å². The molecule has 0 aromatic heterocycles. The second-order valence-corrected chi connectivity index (χ2v) is 6.97. The Hall–Kier alpha value is -2.15. The first-order valence-corrected chi connectivity index (χ1v) is 8.72. The van der Waals surface area contributed by atoms with Crippen molar-refractivity contribution >= 4 is 17.6 Å². The smallest absolute Gasteiger partial charge is 0.310 e. The Morgan fingerprint density at radius 1 is 1.00 bits per heavy atom. The number of ether oxygens (including phenoxy) is 1. The number of fused-ring (bicyclic) bond motifs is 2. The summed E-state index contributed by atoms with van der Waals surface area (Å²) < 4.78 is 18.7. The van der Waals surface area contributed by atoms with Crippen molar-refractivity contribution in [1.82, 2.24) is 4.90 Å². The van der Waals surface area contributed by atoms with Crippen molar-refractivity contribution in [1.29, 1.82) is 0 Å². The number of hydrogen-bond donors (Lipinski definition) is 1. The van der Waals surface area contributed by atoms with Crippen LogP contribution < -0.4 is 4.90 Å². The van der Waals surface area contributed by atoms with Crippen LogP contribution >= 0.6 is 0 Å². The Labute approximate surface area is 145 Å². The Morgan fingerprint density at radius 3 is 2.20 bits per heavy atom. The average Bonchev–Trinajstić information content (AvgIpc) is 3.23. The number of piperazine rings is 1. The fourth-order valence-corrected chi connectivity index (χ4v) is 4.35. The van der Waals surface area contributed by atoms with Crippen LogP contribution in [0, 0.1) is 17.7 Å². The molecule has 1 aromatic rings. The molecule has 0 saturated carbocycles. The first-order chi connectivity index (χ1) is 12.0. The summed E-state index contributed by atoms with van der Waals surface area (Å²) in [5.74, 6) is -2.59. The lowest BCUT2D eigenvalue weighted by molar-refractivity contribution is -0.151. The molecule has 3 fully saturated rings. The molecule has 4 rings (SSSR count). The summed E-state index contributed by atoms with van der Waals surface area (Å²) in [4.78, 5) is 28.3. The molecule has 0 radical (unpaired) electrons. The molecule has 3 saturated heterocycles. The molecule has 6 nitrogen and oxygen atoms in total. The number of halogens is 1. The van der Waals surface area contributed by atoms with Crippen LogP contribution in [0.1, 0.15) is 12.8 Å². The van der Waals surface area contributed by atoms with Crippen LogP contribution in [0.25, 0.3) is 0 Å². The summed E-state index contributed by atoms with van der Waals surface area (Å²) in [7, 11) is 0.